The van der Waals surface area contributed by atoms with Crippen molar-refractivity contribution in [1.82, 2.24) is 14.9 Å². The molecule has 1 aromatic carbocycles. The summed E-state index contributed by atoms with van der Waals surface area (Å²) in [5.41, 5.74) is 1.42. The fourth-order valence-corrected chi connectivity index (χ4v) is 2.95. The summed E-state index contributed by atoms with van der Waals surface area (Å²) < 4.78 is 0. The van der Waals surface area contributed by atoms with Crippen molar-refractivity contribution in [3.63, 3.8) is 0 Å². The number of hydrogen-bond acceptors (Lipinski definition) is 4. The van der Waals surface area contributed by atoms with Gasteiger partial charge in [-0.25, -0.2) is 9.97 Å². The lowest BCUT2D eigenvalue weighted by Crippen LogP contribution is -2.46. The van der Waals surface area contributed by atoms with Crippen molar-refractivity contribution < 1.29 is 9.90 Å². The van der Waals surface area contributed by atoms with Gasteiger partial charge in [0.2, 0.25) is 0 Å². The van der Waals surface area contributed by atoms with Gasteiger partial charge >= 0.3 is 0 Å². The van der Waals surface area contributed by atoms with Crippen LogP contribution in [0.3, 0.4) is 0 Å². The molecule has 1 N–H and O–H groups in total. The molecule has 0 aliphatic carbocycles. The molecule has 5 heteroatoms. The zero-order valence-corrected chi connectivity index (χ0v) is 13.2. The number of hydrogen-bond donors (Lipinski definition) is 1. The number of carbonyl (C=O) groups excluding carboxylic acids is 1. The number of nitrogens with zero attached hydrogens (tertiary/aromatic N) is 3. The number of rotatable bonds is 3. The van der Waals surface area contributed by atoms with Crippen molar-refractivity contribution >= 4 is 5.91 Å². The quantitative estimate of drug-likeness (QED) is 0.945. The lowest BCUT2D eigenvalue weighted by atomic mass is 9.93. The van der Waals surface area contributed by atoms with E-state index < -0.39 is 0 Å². The number of piperidine rings is 1. The summed E-state index contributed by atoms with van der Waals surface area (Å²) in [6.07, 6.45) is 5.06. The van der Waals surface area contributed by atoms with Gasteiger partial charge in [-0.05, 0) is 25.7 Å². The van der Waals surface area contributed by atoms with Gasteiger partial charge in [-0.3, -0.25) is 4.79 Å². The molecule has 120 valence electrons. The Balaban J connectivity index is 1.77. The van der Waals surface area contributed by atoms with E-state index in [9.17, 15) is 9.90 Å². The Morgan fingerprint density at radius 1 is 1.22 bits per heavy atom. The maximum absolute atomic E-state index is 12.7. The van der Waals surface area contributed by atoms with Crippen LogP contribution in [-0.4, -0.2) is 45.1 Å². The van der Waals surface area contributed by atoms with Crippen LogP contribution in [0, 0.1) is 5.92 Å². The molecule has 1 aliphatic heterocycles. The summed E-state index contributed by atoms with van der Waals surface area (Å²) in [4.78, 5) is 23.2. The predicted octanol–water partition coefficient (Wildman–Crippen LogP) is 2.38. The molecule has 0 radical (unpaired) electrons. The summed E-state index contributed by atoms with van der Waals surface area (Å²) in [6, 6.07) is 9.87. The minimum Gasteiger partial charge on any atom is -0.396 e. The minimum atomic E-state index is -0.0599. The topological polar surface area (TPSA) is 66.3 Å². The number of amides is 1. The minimum absolute atomic E-state index is 0.0599. The first-order chi connectivity index (χ1) is 11.2. The van der Waals surface area contributed by atoms with Crippen molar-refractivity contribution in [1.29, 1.82) is 0 Å². The van der Waals surface area contributed by atoms with Crippen molar-refractivity contribution in [2.24, 2.45) is 5.92 Å². The Morgan fingerprint density at radius 2 is 1.91 bits per heavy atom. The number of aromatic nitrogens is 2. The van der Waals surface area contributed by atoms with Gasteiger partial charge in [0.15, 0.2) is 5.82 Å². The first-order valence-electron chi connectivity index (χ1n) is 7.98. The van der Waals surface area contributed by atoms with Crippen LogP contribution in [0.4, 0.5) is 0 Å². The zero-order valence-electron chi connectivity index (χ0n) is 13.2. The summed E-state index contributed by atoms with van der Waals surface area (Å²) in [6.45, 7) is 2.77. The molecule has 2 atom stereocenters. The van der Waals surface area contributed by atoms with E-state index in [0.29, 0.717) is 17.9 Å². The van der Waals surface area contributed by atoms with E-state index in [4.69, 9.17) is 0 Å². The van der Waals surface area contributed by atoms with E-state index in [0.717, 1.165) is 18.4 Å². The van der Waals surface area contributed by atoms with Gasteiger partial charge in [0.1, 0.15) is 0 Å². The summed E-state index contributed by atoms with van der Waals surface area (Å²) in [7, 11) is 0. The van der Waals surface area contributed by atoms with Crippen LogP contribution >= 0.6 is 0 Å². The Labute approximate surface area is 136 Å². The third-order valence-corrected chi connectivity index (χ3v) is 4.43. The second-order valence-electron chi connectivity index (χ2n) is 6.09. The molecular formula is C18H21N3O2. The Morgan fingerprint density at radius 3 is 2.57 bits per heavy atom. The highest BCUT2D eigenvalue weighted by Crippen LogP contribution is 2.23. The van der Waals surface area contributed by atoms with Crippen molar-refractivity contribution in [3.05, 3.63) is 48.3 Å². The third kappa shape index (κ3) is 3.40. The van der Waals surface area contributed by atoms with E-state index in [1.165, 1.54) is 0 Å². The molecule has 1 aromatic heterocycles. The van der Waals surface area contributed by atoms with Gasteiger partial charge < -0.3 is 10.0 Å². The first kappa shape index (κ1) is 15.6. The second kappa shape index (κ2) is 6.87. The number of aliphatic hydroxyl groups excluding tert-OH is 1. The van der Waals surface area contributed by atoms with Crippen LogP contribution in [0.25, 0.3) is 11.4 Å². The molecule has 1 saturated heterocycles. The van der Waals surface area contributed by atoms with Gasteiger partial charge in [-0.2, -0.15) is 0 Å². The highest BCUT2D eigenvalue weighted by molar-refractivity contribution is 5.94. The van der Waals surface area contributed by atoms with Gasteiger partial charge in [0.25, 0.3) is 5.91 Å². The van der Waals surface area contributed by atoms with Crippen LogP contribution in [0.2, 0.25) is 0 Å². The van der Waals surface area contributed by atoms with Gasteiger partial charge in [0.05, 0.1) is 5.56 Å². The van der Waals surface area contributed by atoms with Crippen LogP contribution < -0.4 is 0 Å². The number of carbonyl (C=O) groups is 1. The lowest BCUT2D eigenvalue weighted by Gasteiger charge is -2.37. The van der Waals surface area contributed by atoms with E-state index in [1.807, 2.05) is 42.2 Å². The molecule has 0 spiro atoms. The number of benzene rings is 1. The molecule has 2 heterocycles. The van der Waals surface area contributed by atoms with Gasteiger partial charge in [0, 0.05) is 37.2 Å². The van der Waals surface area contributed by atoms with E-state index in [1.54, 1.807) is 12.4 Å². The zero-order chi connectivity index (χ0) is 16.2. The highest BCUT2D eigenvalue weighted by Gasteiger charge is 2.29. The normalized spacial score (nSPS) is 21.2. The third-order valence-electron chi connectivity index (χ3n) is 4.43. The van der Waals surface area contributed by atoms with E-state index in [-0.39, 0.29) is 24.5 Å². The average molecular weight is 311 g/mol. The molecule has 0 saturated carbocycles. The molecule has 1 amide bonds. The molecule has 2 unspecified atom stereocenters. The Bertz CT molecular complexity index is 658. The summed E-state index contributed by atoms with van der Waals surface area (Å²) >= 11 is 0. The smallest absolute Gasteiger partial charge is 0.257 e. The largest absolute Gasteiger partial charge is 0.396 e. The fourth-order valence-electron chi connectivity index (χ4n) is 2.95. The van der Waals surface area contributed by atoms with Gasteiger partial charge in [-0.15, -0.1) is 0 Å². The number of aliphatic hydroxyl groups is 1. The highest BCUT2D eigenvalue weighted by atomic mass is 16.3. The maximum atomic E-state index is 12.7. The molecule has 2 aromatic rings. The summed E-state index contributed by atoms with van der Waals surface area (Å²) in [5.74, 6) is 0.719. The lowest BCUT2D eigenvalue weighted by molar-refractivity contribution is 0.0488. The average Bonchev–Trinajstić information content (AvgIpc) is 2.62. The predicted molar refractivity (Wildman–Crippen MR) is 87.8 cm³/mol. The standard InChI is InChI=1S/C18H21N3O2/c1-13-7-8-14(12-22)11-21(13)18(23)16-9-19-17(20-10-16)15-5-3-2-4-6-15/h2-6,9-10,13-14,22H,7-8,11-12H2,1H3. The molecule has 1 aliphatic rings. The van der Waals surface area contributed by atoms with Crippen LogP contribution in [0.15, 0.2) is 42.7 Å². The molecule has 1 fully saturated rings. The van der Waals surface area contributed by atoms with E-state index >= 15 is 0 Å². The van der Waals surface area contributed by atoms with Crippen LogP contribution in [-0.2, 0) is 0 Å². The summed E-state index contributed by atoms with van der Waals surface area (Å²) in [5, 5.41) is 9.35. The SMILES string of the molecule is CC1CCC(CO)CN1C(=O)c1cnc(-c2ccccc2)nc1. The van der Waals surface area contributed by atoms with Crippen LogP contribution in [0.1, 0.15) is 30.1 Å². The first-order valence-corrected chi connectivity index (χ1v) is 7.98. The van der Waals surface area contributed by atoms with Crippen molar-refractivity contribution in [2.75, 3.05) is 13.2 Å². The molecule has 5 nitrogen and oxygen atoms in total. The molecular weight excluding hydrogens is 290 g/mol. The van der Waals surface area contributed by atoms with Gasteiger partial charge in [-0.1, -0.05) is 30.3 Å². The van der Waals surface area contributed by atoms with E-state index in [2.05, 4.69) is 9.97 Å². The Kier molecular flexibility index (Phi) is 4.67. The van der Waals surface area contributed by atoms with Crippen LogP contribution in [0.5, 0.6) is 0 Å². The molecule has 3 rings (SSSR count). The van der Waals surface area contributed by atoms with Crippen molar-refractivity contribution in [2.45, 2.75) is 25.8 Å². The maximum Gasteiger partial charge on any atom is 0.257 e. The molecule has 23 heavy (non-hydrogen) atoms. The number of likely N-dealkylation sites (tertiary alicyclic amines) is 1. The van der Waals surface area contributed by atoms with Crippen molar-refractivity contribution in [3.8, 4) is 11.4 Å². The second-order valence-corrected chi connectivity index (χ2v) is 6.09. The molecule has 0 bridgehead atoms. The Hall–Kier alpha value is -2.27. The fraction of sp³-hybridized carbons (Fsp3) is 0.389. The monoisotopic (exact) mass is 311 g/mol.